The summed E-state index contributed by atoms with van der Waals surface area (Å²) in [4.78, 5) is 17.4. The molecule has 2 heterocycles. The van der Waals surface area contributed by atoms with Crippen LogP contribution in [-0.2, 0) is 30.5 Å². The molecule has 0 radical (unpaired) electrons. The molecule has 0 saturated heterocycles. The van der Waals surface area contributed by atoms with E-state index in [9.17, 15) is 23.1 Å². The average molecular weight is 336 g/mol. The summed E-state index contributed by atoms with van der Waals surface area (Å²) in [5, 5.41) is 9.45. The second kappa shape index (κ2) is 6.24. The maximum atomic E-state index is 12.9. The Morgan fingerprint density at radius 2 is 2.04 bits per heavy atom. The summed E-state index contributed by atoms with van der Waals surface area (Å²) in [5.74, 6) is -0.989. The van der Waals surface area contributed by atoms with Gasteiger partial charge in [0.1, 0.15) is 6.04 Å². The number of carbonyl (C=O) groups is 1. The lowest BCUT2D eigenvalue weighted by atomic mass is 9.92. The van der Waals surface area contributed by atoms with Crippen molar-refractivity contribution < 1.29 is 23.1 Å². The van der Waals surface area contributed by atoms with Crippen LogP contribution in [0.2, 0.25) is 0 Å². The molecule has 1 aliphatic heterocycles. The fraction of sp³-hybridized carbons (Fsp3) is 0.294. The van der Waals surface area contributed by atoms with Crippen LogP contribution in [0.4, 0.5) is 13.2 Å². The zero-order valence-corrected chi connectivity index (χ0v) is 12.6. The standard InChI is InChI=1S/C17H15F3N2O2/c18-17(19,20)13-5-4-11-8-15(16(23)24)22(9-12(11)7-13)10-14-3-1-2-6-21-14/h1-7,15H,8-10H2,(H,23,24)/t15-/m0/s1. The van der Waals surface area contributed by atoms with E-state index in [0.717, 1.165) is 12.1 Å². The Hall–Kier alpha value is -2.41. The maximum absolute atomic E-state index is 12.9. The van der Waals surface area contributed by atoms with E-state index in [1.165, 1.54) is 6.07 Å². The Morgan fingerprint density at radius 1 is 1.25 bits per heavy atom. The lowest BCUT2D eigenvalue weighted by Gasteiger charge is -2.34. The van der Waals surface area contributed by atoms with Crippen LogP contribution in [0.3, 0.4) is 0 Å². The Morgan fingerprint density at radius 3 is 2.67 bits per heavy atom. The number of hydrogen-bond donors (Lipinski definition) is 1. The molecule has 3 rings (SSSR count). The molecule has 0 bridgehead atoms. The van der Waals surface area contributed by atoms with Crippen molar-refractivity contribution in [2.24, 2.45) is 0 Å². The molecule has 2 aromatic rings. The van der Waals surface area contributed by atoms with Gasteiger partial charge in [0.05, 0.1) is 11.3 Å². The lowest BCUT2D eigenvalue weighted by Crippen LogP contribution is -2.45. The van der Waals surface area contributed by atoms with Crippen LogP contribution >= 0.6 is 0 Å². The number of carboxylic acids is 1. The van der Waals surface area contributed by atoms with Crippen molar-refractivity contribution in [2.45, 2.75) is 31.7 Å². The van der Waals surface area contributed by atoms with Crippen LogP contribution in [0.5, 0.6) is 0 Å². The molecule has 1 aliphatic rings. The molecule has 1 atom stereocenters. The predicted molar refractivity (Wildman–Crippen MR) is 80.1 cm³/mol. The van der Waals surface area contributed by atoms with Gasteiger partial charge < -0.3 is 5.11 Å². The van der Waals surface area contributed by atoms with Gasteiger partial charge in [-0.3, -0.25) is 14.7 Å². The highest BCUT2D eigenvalue weighted by Crippen LogP contribution is 2.33. The summed E-state index contributed by atoms with van der Waals surface area (Å²) >= 11 is 0. The molecule has 0 fully saturated rings. The summed E-state index contributed by atoms with van der Waals surface area (Å²) in [6.45, 7) is 0.417. The zero-order chi connectivity index (χ0) is 17.3. The first-order chi connectivity index (χ1) is 11.3. The van der Waals surface area contributed by atoms with Crippen LogP contribution in [-0.4, -0.2) is 27.0 Å². The Labute approximate surface area is 136 Å². The first kappa shape index (κ1) is 16.4. The van der Waals surface area contributed by atoms with Crippen LogP contribution in [0, 0.1) is 0 Å². The van der Waals surface area contributed by atoms with Crippen LogP contribution in [0.25, 0.3) is 0 Å². The summed E-state index contributed by atoms with van der Waals surface area (Å²) in [5.41, 5.74) is 1.12. The van der Waals surface area contributed by atoms with Crippen LogP contribution < -0.4 is 0 Å². The fourth-order valence-corrected chi connectivity index (χ4v) is 2.92. The molecule has 1 aromatic carbocycles. The van der Waals surface area contributed by atoms with Crippen molar-refractivity contribution in [1.29, 1.82) is 0 Å². The number of rotatable bonds is 3. The normalized spacial score (nSPS) is 18.2. The van der Waals surface area contributed by atoms with Gasteiger partial charge in [-0.05, 0) is 41.8 Å². The van der Waals surface area contributed by atoms with Crippen molar-refractivity contribution in [1.82, 2.24) is 9.88 Å². The van der Waals surface area contributed by atoms with Crippen LogP contribution in [0.1, 0.15) is 22.4 Å². The molecule has 7 heteroatoms. The number of benzene rings is 1. The van der Waals surface area contributed by atoms with Crippen molar-refractivity contribution in [3.8, 4) is 0 Å². The monoisotopic (exact) mass is 336 g/mol. The van der Waals surface area contributed by atoms with E-state index in [1.54, 1.807) is 29.3 Å². The Balaban J connectivity index is 1.91. The van der Waals surface area contributed by atoms with Gasteiger partial charge in [-0.2, -0.15) is 13.2 Å². The fourth-order valence-electron chi connectivity index (χ4n) is 2.92. The molecule has 0 amide bonds. The van der Waals surface area contributed by atoms with E-state index >= 15 is 0 Å². The summed E-state index contributed by atoms with van der Waals surface area (Å²) in [7, 11) is 0. The SMILES string of the molecule is O=C(O)[C@@H]1Cc2ccc(C(F)(F)F)cc2CN1Cc1ccccn1. The van der Waals surface area contributed by atoms with Crippen molar-refractivity contribution in [2.75, 3.05) is 0 Å². The summed E-state index contributed by atoms with van der Waals surface area (Å²) in [6.07, 6.45) is -2.63. The number of halogens is 3. The maximum Gasteiger partial charge on any atom is 0.416 e. The third kappa shape index (κ3) is 3.41. The highest BCUT2D eigenvalue weighted by Gasteiger charge is 2.35. The Kier molecular flexibility index (Phi) is 4.28. The molecule has 4 nitrogen and oxygen atoms in total. The Bertz CT molecular complexity index is 747. The first-order valence-corrected chi connectivity index (χ1v) is 7.40. The molecule has 1 N–H and O–H groups in total. The van der Waals surface area contributed by atoms with Crippen molar-refractivity contribution in [3.05, 3.63) is 65.0 Å². The third-order valence-electron chi connectivity index (χ3n) is 4.14. The van der Waals surface area contributed by atoms with E-state index in [0.29, 0.717) is 16.8 Å². The number of pyridine rings is 1. The minimum absolute atomic E-state index is 0.146. The molecule has 0 unspecified atom stereocenters. The van der Waals surface area contributed by atoms with Gasteiger partial charge in [0.25, 0.3) is 0 Å². The molecular formula is C17H15F3N2O2. The highest BCUT2D eigenvalue weighted by molar-refractivity contribution is 5.74. The second-order valence-corrected chi connectivity index (χ2v) is 5.77. The van der Waals surface area contributed by atoms with E-state index in [-0.39, 0.29) is 19.5 Å². The molecule has 1 aromatic heterocycles. The molecule has 0 aliphatic carbocycles. The molecule has 126 valence electrons. The van der Waals surface area contributed by atoms with Gasteiger partial charge in [0.15, 0.2) is 0 Å². The van der Waals surface area contributed by atoms with E-state index in [2.05, 4.69) is 4.98 Å². The molecule has 0 spiro atoms. The van der Waals surface area contributed by atoms with E-state index in [1.807, 2.05) is 0 Å². The number of aromatic nitrogens is 1. The van der Waals surface area contributed by atoms with Gasteiger partial charge in [-0.15, -0.1) is 0 Å². The zero-order valence-electron chi connectivity index (χ0n) is 12.6. The lowest BCUT2D eigenvalue weighted by molar-refractivity contribution is -0.144. The summed E-state index contributed by atoms with van der Waals surface area (Å²) < 4.78 is 38.7. The van der Waals surface area contributed by atoms with E-state index < -0.39 is 23.8 Å². The van der Waals surface area contributed by atoms with E-state index in [4.69, 9.17) is 0 Å². The number of carboxylic acid groups (broad SMARTS) is 1. The van der Waals surface area contributed by atoms with Crippen molar-refractivity contribution in [3.63, 3.8) is 0 Å². The van der Waals surface area contributed by atoms with Gasteiger partial charge in [-0.1, -0.05) is 12.1 Å². The number of nitrogens with zero attached hydrogens (tertiary/aromatic N) is 2. The van der Waals surface area contributed by atoms with Gasteiger partial charge in [0, 0.05) is 19.3 Å². The topological polar surface area (TPSA) is 53.4 Å². The summed E-state index contributed by atoms with van der Waals surface area (Å²) in [6, 6.07) is 8.02. The number of alkyl halides is 3. The smallest absolute Gasteiger partial charge is 0.416 e. The van der Waals surface area contributed by atoms with Gasteiger partial charge in [0.2, 0.25) is 0 Å². The second-order valence-electron chi connectivity index (χ2n) is 5.77. The largest absolute Gasteiger partial charge is 0.480 e. The number of fused-ring (bicyclic) bond motifs is 1. The predicted octanol–water partition coefficient (Wildman–Crippen LogP) is 3.11. The van der Waals surface area contributed by atoms with Gasteiger partial charge >= 0.3 is 12.1 Å². The van der Waals surface area contributed by atoms with Crippen molar-refractivity contribution >= 4 is 5.97 Å². The molecule has 24 heavy (non-hydrogen) atoms. The third-order valence-corrected chi connectivity index (χ3v) is 4.14. The number of hydrogen-bond acceptors (Lipinski definition) is 3. The highest BCUT2D eigenvalue weighted by atomic mass is 19.4. The average Bonchev–Trinajstić information content (AvgIpc) is 2.53. The number of aliphatic carboxylic acids is 1. The molecular weight excluding hydrogens is 321 g/mol. The quantitative estimate of drug-likeness (QED) is 0.936. The first-order valence-electron chi connectivity index (χ1n) is 7.40. The minimum atomic E-state index is -4.41. The van der Waals surface area contributed by atoms with Gasteiger partial charge in [-0.25, -0.2) is 0 Å². The molecule has 0 saturated carbocycles. The van der Waals surface area contributed by atoms with Crippen LogP contribution in [0.15, 0.2) is 42.6 Å². The minimum Gasteiger partial charge on any atom is -0.480 e.